The zero-order valence-electron chi connectivity index (χ0n) is 14.1. The van der Waals surface area contributed by atoms with Gasteiger partial charge in [0.1, 0.15) is 18.9 Å². The van der Waals surface area contributed by atoms with Crippen molar-refractivity contribution in [3.05, 3.63) is 53.7 Å². The lowest BCUT2D eigenvalue weighted by Gasteiger charge is -2.19. The Bertz CT molecular complexity index is 942. The maximum Gasteiger partial charge on any atom is 0.161 e. The number of rotatable bonds is 3. The molecule has 1 N–H and O–H groups in total. The van der Waals surface area contributed by atoms with E-state index in [1.54, 1.807) is 6.92 Å². The summed E-state index contributed by atoms with van der Waals surface area (Å²) in [5.74, 6) is 1.57. The molecule has 0 unspecified atom stereocenters. The number of hydrogen-bond acceptors (Lipinski definition) is 4. The van der Waals surface area contributed by atoms with Crippen LogP contribution in [-0.4, -0.2) is 29.2 Å². The van der Waals surface area contributed by atoms with Gasteiger partial charge in [-0.2, -0.15) is 5.10 Å². The molecule has 2 aromatic carbocycles. The number of ketones is 1. The van der Waals surface area contributed by atoms with E-state index in [1.165, 1.54) is 0 Å². The van der Waals surface area contributed by atoms with Crippen molar-refractivity contribution in [2.24, 2.45) is 0 Å². The molecule has 1 aliphatic rings. The van der Waals surface area contributed by atoms with E-state index < -0.39 is 0 Å². The van der Waals surface area contributed by atoms with Crippen LogP contribution in [0.25, 0.3) is 22.4 Å². The van der Waals surface area contributed by atoms with E-state index >= 15 is 0 Å². The Morgan fingerprint density at radius 1 is 1.00 bits per heavy atom. The van der Waals surface area contributed by atoms with Crippen molar-refractivity contribution in [3.8, 4) is 33.9 Å². The van der Waals surface area contributed by atoms with Gasteiger partial charge in [0, 0.05) is 22.4 Å². The summed E-state index contributed by atoms with van der Waals surface area (Å²) < 4.78 is 11.3. The highest BCUT2D eigenvalue weighted by molar-refractivity contribution is 5.94. The molecule has 5 nitrogen and oxygen atoms in total. The Balaban J connectivity index is 1.79. The van der Waals surface area contributed by atoms with Crippen molar-refractivity contribution in [3.63, 3.8) is 0 Å². The summed E-state index contributed by atoms with van der Waals surface area (Å²) >= 11 is 0. The molecule has 0 spiro atoms. The van der Waals surface area contributed by atoms with Crippen LogP contribution in [0.4, 0.5) is 0 Å². The summed E-state index contributed by atoms with van der Waals surface area (Å²) in [7, 11) is 0. The second kappa shape index (κ2) is 6.09. The quantitative estimate of drug-likeness (QED) is 0.735. The van der Waals surface area contributed by atoms with Crippen LogP contribution in [0, 0.1) is 6.92 Å². The highest BCUT2D eigenvalue weighted by Crippen LogP contribution is 2.38. The number of nitrogens with zero attached hydrogens (tertiary/aromatic N) is 1. The molecule has 4 rings (SSSR count). The molecule has 1 aromatic heterocycles. The number of ether oxygens (including phenoxy) is 2. The third-order valence-corrected chi connectivity index (χ3v) is 4.34. The zero-order chi connectivity index (χ0) is 17.4. The van der Waals surface area contributed by atoms with Gasteiger partial charge in [0.2, 0.25) is 0 Å². The number of carbonyl (C=O) groups excluding carboxylic acids is 1. The second-order valence-electron chi connectivity index (χ2n) is 6.06. The molecule has 25 heavy (non-hydrogen) atoms. The highest BCUT2D eigenvalue weighted by Gasteiger charge is 2.18. The topological polar surface area (TPSA) is 64.2 Å². The van der Waals surface area contributed by atoms with Crippen molar-refractivity contribution < 1.29 is 14.3 Å². The smallest absolute Gasteiger partial charge is 0.161 e. The maximum atomic E-state index is 11.5. The fourth-order valence-corrected chi connectivity index (χ4v) is 3.05. The Morgan fingerprint density at radius 3 is 2.40 bits per heavy atom. The minimum Gasteiger partial charge on any atom is -0.486 e. The van der Waals surface area contributed by atoms with Gasteiger partial charge in [-0.05, 0) is 31.5 Å². The molecule has 0 saturated heterocycles. The van der Waals surface area contributed by atoms with Crippen molar-refractivity contribution in [2.75, 3.05) is 13.2 Å². The number of hydrogen-bond donors (Lipinski definition) is 1. The van der Waals surface area contributed by atoms with E-state index in [1.807, 2.05) is 49.4 Å². The fourth-order valence-electron chi connectivity index (χ4n) is 3.05. The maximum absolute atomic E-state index is 11.5. The third-order valence-electron chi connectivity index (χ3n) is 4.34. The van der Waals surface area contributed by atoms with E-state index in [2.05, 4.69) is 10.2 Å². The number of carbonyl (C=O) groups is 1. The number of aromatic nitrogens is 2. The van der Waals surface area contributed by atoms with Crippen LogP contribution >= 0.6 is 0 Å². The largest absolute Gasteiger partial charge is 0.486 e. The molecule has 0 fully saturated rings. The lowest BCUT2D eigenvalue weighted by Crippen LogP contribution is -2.15. The van der Waals surface area contributed by atoms with Gasteiger partial charge < -0.3 is 9.47 Å². The normalized spacial score (nSPS) is 12.9. The predicted molar refractivity (Wildman–Crippen MR) is 95.2 cm³/mol. The van der Waals surface area contributed by atoms with E-state index in [4.69, 9.17) is 9.47 Å². The SMILES string of the molecule is CC(=O)c1ccc(-c2n[nH]c(C)c2-c2ccc3c(c2)OCCO3)cc1. The van der Waals surface area contributed by atoms with Crippen LogP contribution in [0.15, 0.2) is 42.5 Å². The summed E-state index contributed by atoms with van der Waals surface area (Å²) in [6.45, 7) is 4.69. The molecular weight excluding hydrogens is 316 g/mol. The van der Waals surface area contributed by atoms with Gasteiger partial charge in [0.25, 0.3) is 0 Å². The lowest BCUT2D eigenvalue weighted by atomic mass is 9.98. The molecule has 0 amide bonds. The number of benzene rings is 2. The Morgan fingerprint density at radius 2 is 1.68 bits per heavy atom. The van der Waals surface area contributed by atoms with Gasteiger partial charge >= 0.3 is 0 Å². The Hall–Kier alpha value is -3.08. The van der Waals surface area contributed by atoms with Crippen LogP contribution in [0.2, 0.25) is 0 Å². The molecule has 1 aliphatic heterocycles. The second-order valence-corrected chi connectivity index (χ2v) is 6.06. The van der Waals surface area contributed by atoms with Crippen LogP contribution in [-0.2, 0) is 0 Å². The molecule has 0 atom stereocenters. The zero-order valence-corrected chi connectivity index (χ0v) is 14.1. The standard InChI is InChI=1S/C20H18N2O3/c1-12-19(16-7-8-17-18(11-16)25-10-9-24-17)20(22-21-12)15-5-3-14(4-6-15)13(2)23/h3-8,11H,9-10H2,1-2H3,(H,21,22). The molecule has 0 radical (unpaired) electrons. The highest BCUT2D eigenvalue weighted by atomic mass is 16.6. The van der Waals surface area contributed by atoms with E-state index in [0.717, 1.165) is 39.6 Å². The first-order valence-corrected chi connectivity index (χ1v) is 8.20. The minimum absolute atomic E-state index is 0.0526. The van der Waals surface area contributed by atoms with Gasteiger partial charge in [0.15, 0.2) is 17.3 Å². The van der Waals surface area contributed by atoms with Gasteiger partial charge in [-0.3, -0.25) is 9.89 Å². The number of aryl methyl sites for hydroxylation is 1. The number of fused-ring (bicyclic) bond motifs is 1. The summed E-state index contributed by atoms with van der Waals surface area (Å²) in [5.41, 5.74) is 5.51. The van der Waals surface area contributed by atoms with E-state index in [0.29, 0.717) is 18.8 Å². The van der Waals surface area contributed by atoms with Crippen LogP contribution in [0.3, 0.4) is 0 Å². The van der Waals surface area contributed by atoms with Crippen LogP contribution < -0.4 is 9.47 Å². The van der Waals surface area contributed by atoms with Crippen molar-refractivity contribution >= 4 is 5.78 Å². The first-order chi connectivity index (χ1) is 12.1. The third kappa shape index (κ3) is 2.78. The molecular formula is C20H18N2O3. The first-order valence-electron chi connectivity index (χ1n) is 8.20. The summed E-state index contributed by atoms with van der Waals surface area (Å²) in [4.78, 5) is 11.5. The summed E-state index contributed by atoms with van der Waals surface area (Å²) in [6, 6.07) is 13.4. The molecule has 0 saturated carbocycles. The fraction of sp³-hybridized carbons (Fsp3) is 0.200. The molecule has 2 heterocycles. The van der Waals surface area contributed by atoms with Gasteiger partial charge in [-0.1, -0.05) is 30.3 Å². The number of H-pyrrole nitrogens is 1. The lowest BCUT2D eigenvalue weighted by molar-refractivity contribution is 0.101. The average Bonchev–Trinajstić information content (AvgIpc) is 3.03. The molecule has 5 heteroatoms. The van der Waals surface area contributed by atoms with Gasteiger partial charge in [-0.15, -0.1) is 0 Å². The Labute approximate surface area is 145 Å². The number of aromatic amines is 1. The number of Topliss-reactive ketones (excluding diaryl/α,β-unsaturated/α-hetero) is 1. The van der Waals surface area contributed by atoms with Crippen molar-refractivity contribution in [2.45, 2.75) is 13.8 Å². The first kappa shape index (κ1) is 15.4. The van der Waals surface area contributed by atoms with Gasteiger partial charge in [-0.25, -0.2) is 0 Å². The van der Waals surface area contributed by atoms with Gasteiger partial charge in [0.05, 0.1) is 0 Å². The minimum atomic E-state index is 0.0526. The molecule has 3 aromatic rings. The molecule has 0 bridgehead atoms. The van der Waals surface area contributed by atoms with Crippen molar-refractivity contribution in [1.82, 2.24) is 10.2 Å². The number of nitrogens with one attached hydrogen (secondary N) is 1. The molecule has 0 aliphatic carbocycles. The average molecular weight is 334 g/mol. The monoisotopic (exact) mass is 334 g/mol. The Kier molecular flexibility index (Phi) is 3.76. The predicted octanol–water partition coefficient (Wildman–Crippen LogP) is 4.03. The van der Waals surface area contributed by atoms with E-state index in [9.17, 15) is 4.79 Å². The van der Waals surface area contributed by atoms with Crippen LogP contribution in [0.5, 0.6) is 11.5 Å². The molecule has 126 valence electrons. The summed E-state index contributed by atoms with van der Waals surface area (Å²) in [6.07, 6.45) is 0. The van der Waals surface area contributed by atoms with Crippen LogP contribution in [0.1, 0.15) is 23.0 Å². The van der Waals surface area contributed by atoms with Crippen molar-refractivity contribution in [1.29, 1.82) is 0 Å². The summed E-state index contributed by atoms with van der Waals surface area (Å²) in [5, 5.41) is 7.53. The van der Waals surface area contributed by atoms with E-state index in [-0.39, 0.29) is 5.78 Å².